The Hall–Kier alpha value is -3.07. The third-order valence-electron chi connectivity index (χ3n) is 5.60. The van der Waals surface area contributed by atoms with Crippen LogP contribution in [0.3, 0.4) is 0 Å². The molecular formula is C26H28ClN3O4S. The number of benzene rings is 2. The predicted molar refractivity (Wildman–Crippen MR) is 140 cm³/mol. The van der Waals surface area contributed by atoms with Crippen molar-refractivity contribution in [1.29, 1.82) is 0 Å². The van der Waals surface area contributed by atoms with Gasteiger partial charge in [-0.3, -0.25) is 9.59 Å². The first-order chi connectivity index (χ1) is 16.5. The van der Waals surface area contributed by atoms with Crippen LogP contribution in [0.15, 0.2) is 53.6 Å². The van der Waals surface area contributed by atoms with Crippen molar-refractivity contribution in [3.05, 3.63) is 75.9 Å². The van der Waals surface area contributed by atoms with Crippen LogP contribution in [-0.4, -0.2) is 29.0 Å². The number of nitrogens with one attached hydrogen (secondary N) is 1. The van der Waals surface area contributed by atoms with E-state index in [1.807, 2.05) is 12.1 Å². The van der Waals surface area contributed by atoms with Crippen molar-refractivity contribution >= 4 is 46.7 Å². The van der Waals surface area contributed by atoms with Gasteiger partial charge in [0.15, 0.2) is 4.90 Å². The number of hydrogen-bond donors (Lipinski definition) is 1. The van der Waals surface area contributed by atoms with E-state index in [4.69, 9.17) is 16.3 Å². The molecule has 1 unspecified atom stereocenters. The summed E-state index contributed by atoms with van der Waals surface area (Å²) in [5, 5.41) is 0.333. The van der Waals surface area contributed by atoms with Gasteiger partial charge >= 0.3 is 0 Å². The Kier molecular flexibility index (Phi) is 8.10. The van der Waals surface area contributed by atoms with E-state index in [2.05, 4.69) is 30.5 Å². The Morgan fingerprint density at radius 1 is 1.14 bits per heavy atom. The minimum absolute atomic E-state index is 0.0376. The number of amides is 2. The molecule has 0 saturated heterocycles. The summed E-state index contributed by atoms with van der Waals surface area (Å²) < 4.78 is 21.3. The van der Waals surface area contributed by atoms with E-state index in [1.165, 1.54) is 13.3 Å². The number of imide groups is 1. The van der Waals surface area contributed by atoms with Gasteiger partial charge in [-0.2, -0.15) is 0 Å². The Labute approximate surface area is 213 Å². The SMILES string of the molecule is COc1nccc(C)c1N(C=O)C(=O)c1c(N[S+]([O-])c2ccc(C(C)(C)C)cc2)ccc(Cl)c1C. The molecule has 0 radical (unpaired) electrons. The van der Waals surface area contributed by atoms with E-state index in [-0.39, 0.29) is 28.2 Å². The van der Waals surface area contributed by atoms with Crippen LogP contribution in [0.4, 0.5) is 11.4 Å². The lowest BCUT2D eigenvalue weighted by Crippen LogP contribution is -2.32. The standard InChI is InChI=1S/C26H28ClN3O4S/c1-16-13-14-28-24(34-6)23(16)30(15-31)25(32)22-17(2)20(27)11-12-21(22)29-35(33)19-9-7-18(8-10-19)26(3,4)5/h7-15,29H,1-6H3. The number of carbonyl (C=O) groups is 2. The lowest BCUT2D eigenvalue weighted by atomic mass is 9.87. The molecule has 184 valence electrons. The van der Waals surface area contributed by atoms with Crippen molar-refractivity contribution in [1.82, 2.24) is 4.98 Å². The van der Waals surface area contributed by atoms with Crippen molar-refractivity contribution in [3.8, 4) is 5.88 Å². The molecule has 1 N–H and O–H groups in total. The van der Waals surface area contributed by atoms with Gasteiger partial charge in [-0.15, -0.1) is 0 Å². The van der Waals surface area contributed by atoms with E-state index in [1.54, 1.807) is 44.2 Å². The summed E-state index contributed by atoms with van der Waals surface area (Å²) in [6.45, 7) is 9.71. The maximum absolute atomic E-state index is 13.7. The highest BCUT2D eigenvalue weighted by molar-refractivity contribution is 7.92. The van der Waals surface area contributed by atoms with Gasteiger partial charge in [0.25, 0.3) is 5.91 Å². The van der Waals surface area contributed by atoms with Crippen molar-refractivity contribution in [2.45, 2.75) is 44.9 Å². The van der Waals surface area contributed by atoms with Crippen LogP contribution in [0, 0.1) is 13.8 Å². The molecule has 35 heavy (non-hydrogen) atoms. The summed E-state index contributed by atoms with van der Waals surface area (Å²) >= 11 is 4.66. The molecule has 0 aliphatic heterocycles. The van der Waals surface area contributed by atoms with Crippen LogP contribution in [0.5, 0.6) is 5.88 Å². The van der Waals surface area contributed by atoms with Crippen molar-refractivity contribution < 1.29 is 18.9 Å². The Bertz CT molecular complexity index is 1240. The molecule has 3 aromatic rings. The summed E-state index contributed by atoms with van der Waals surface area (Å²) in [4.78, 5) is 31.4. The average Bonchev–Trinajstić information content (AvgIpc) is 2.82. The third-order valence-corrected chi connectivity index (χ3v) is 7.12. The lowest BCUT2D eigenvalue weighted by molar-refractivity contribution is -0.107. The molecule has 7 nitrogen and oxygen atoms in total. The molecule has 0 aliphatic rings. The third kappa shape index (κ3) is 5.61. The summed E-state index contributed by atoms with van der Waals surface area (Å²) in [7, 11) is 1.41. The maximum atomic E-state index is 13.7. The molecule has 2 amide bonds. The summed E-state index contributed by atoms with van der Waals surface area (Å²) in [5.74, 6) is -0.529. The fourth-order valence-corrected chi connectivity index (χ4v) is 4.60. The van der Waals surface area contributed by atoms with Gasteiger partial charge in [-0.05, 0) is 66.3 Å². The second-order valence-corrected chi connectivity index (χ2v) is 10.6. The van der Waals surface area contributed by atoms with E-state index >= 15 is 0 Å². The fraction of sp³-hybridized carbons (Fsp3) is 0.269. The molecule has 0 fully saturated rings. The van der Waals surface area contributed by atoms with Crippen LogP contribution in [0.2, 0.25) is 5.02 Å². The second-order valence-electron chi connectivity index (χ2n) is 9.01. The number of rotatable bonds is 7. The van der Waals surface area contributed by atoms with Gasteiger partial charge in [-0.1, -0.05) is 44.5 Å². The first-order valence-corrected chi connectivity index (χ1v) is 12.4. The summed E-state index contributed by atoms with van der Waals surface area (Å²) in [6, 6.07) is 12.3. The monoisotopic (exact) mass is 513 g/mol. The van der Waals surface area contributed by atoms with E-state index in [0.717, 1.165) is 10.5 Å². The zero-order valence-corrected chi connectivity index (χ0v) is 22.1. The van der Waals surface area contributed by atoms with Gasteiger partial charge in [0.05, 0.1) is 18.4 Å². The van der Waals surface area contributed by atoms with E-state index < -0.39 is 17.3 Å². The topological polar surface area (TPSA) is 94.6 Å². The highest BCUT2D eigenvalue weighted by atomic mass is 35.5. The minimum Gasteiger partial charge on any atom is -0.588 e. The van der Waals surface area contributed by atoms with Crippen LogP contribution in [-0.2, 0) is 21.6 Å². The molecule has 2 aromatic carbocycles. The number of hydrogen-bond acceptors (Lipinski definition) is 6. The van der Waals surface area contributed by atoms with E-state index in [0.29, 0.717) is 27.5 Å². The number of pyridine rings is 1. The number of ether oxygens (including phenoxy) is 1. The van der Waals surface area contributed by atoms with Crippen LogP contribution in [0.1, 0.15) is 47.8 Å². The molecule has 0 aliphatic carbocycles. The van der Waals surface area contributed by atoms with Gasteiger partial charge in [-0.25, -0.2) is 14.6 Å². The highest BCUT2D eigenvalue weighted by Crippen LogP contribution is 2.34. The fourth-order valence-electron chi connectivity index (χ4n) is 3.57. The van der Waals surface area contributed by atoms with Crippen LogP contribution >= 0.6 is 11.6 Å². The Morgan fingerprint density at radius 2 is 1.80 bits per heavy atom. The van der Waals surface area contributed by atoms with Gasteiger partial charge in [0, 0.05) is 11.2 Å². The number of carbonyl (C=O) groups excluding carboxylic acids is 2. The lowest BCUT2D eigenvalue weighted by Gasteiger charge is -2.23. The largest absolute Gasteiger partial charge is 0.588 e. The zero-order chi connectivity index (χ0) is 25.9. The number of anilines is 2. The number of halogens is 1. The summed E-state index contributed by atoms with van der Waals surface area (Å²) in [5.41, 5.74) is 2.75. The van der Waals surface area contributed by atoms with Gasteiger partial charge in [0.1, 0.15) is 17.0 Å². The first-order valence-electron chi connectivity index (χ1n) is 10.9. The number of nitrogens with zero attached hydrogens (tertiary/aromatic N) is 2. The second kappa shape index (κ2) is 10.7. The number of aromatic nitrogens is 1. The summed E-state index contributed by atoms with van der Waals surface area (Å²) in [6.07, 6.45) is 1.93. The molecule has 1 atom stereocenters. The average molecular weight is 514 g/mol. The van der Waals surface area contributed by atoms with Crippen molar-refractivity contribution in [2.24, 2.45) is 0 Å². The Morgan fingerprint density at radius 3 is 2.37 bits per heavy atom. The molecule has 0 bridgehead atoms. The zero-order valence-electron chi connectivity index (χ0n) is 20.5. The normalized spacial score (nSPS) is 12.1. The Balaban J connectivity index is 2.02. The van der Waals surface area contributed by atoms with Crippen molar-refractivity contribution in [3.63, 3.8) is 0 Å². The van der Waals surface area contributed by atoms with Crippen molar-refractivity contribution in [2.75, 3.05) is 16.7 Å². The van der Waals surface area contributed by atoms with Gasteiger partial charge < -0.3 is 9.29 Å². The van der Waals surface area contributed by atoms with Gasteiger partial charge in [0.2, 0.25) is 12.3 Å². The maximum Gasteiger partial charge on any atom is 0.267 e. The molecular weight excluding hydrogens is 486 g/mol. The molecule has 0 spiro atoms. The first kappa shape index (κ1) is 26.5. The highest BCUT2D eigenvalue weighted by Gasteiger charge is 2.29. The number of methoxy groups -OCH3 is 1. The quantitative estimate of drug-likeness (QED) is 0.326. The number of aryl methyl sites for hydroxylation is 1. The van der Waals surface area contributed by atoms with E-state index in [9.17, 15) is 14.1 Å². The minimum atomic E-state index is -1.67. The van der Waals surface area contributed by atoms with Crippen LogP contribution < -0.4 is 14.4 Å². The smallest absolute Gasteiger partial charge is 0.267 e. The molecule has 0 saturated carbocycles. The predicted octanol–water partition coefficient (Wildman–Crippen LogP) is 5.60. The molecule has 9 heteroatoms. The van der Waals surface area contributed by atoms with Crippen LogP contribution in [0.25, 0.3) is 0 Å². The molecule has 1 aromatic heterocycles. The molecule has 1 heterocycles. The molecule has 3 rings (SSSR count).